The van der Waals surface area contributed by atoms with Crippen molar-refractivity contribution in [3.05, 3.63) is 29.6 Å². The summed E-state index contributed by atoms with van der Waals surface area (Å²) in [6.07, 6.45) is 2.24. The van der Waals surface area contributed by atoms with Crippen molar-refractivity contribution in [1.82, 2.24) is 0 Å². The smallest absolute Gasteiger partial charge is 0.224 e. The number of anilines is 1. The van der Waals surface area contributed by atoms with E-state index in [-0.39, 0.29) is 17.4 Å². The average Bonchev–Trinajstić information content (AvgIpc) is 2.20. The number of aryl methyl sites for hydroxylation is 1. The van der Waals surface area contributed by atoms with E-state index in [1.54, 1.807) is 12.1 Å². The maximum atomic E-state index is 13.2. The molecule has 0 fully saturated rings. The minimum absolute atomic E-state index is 0.124. The highest BCUT2D eigenvalue weighted by molar-refractivity contribution is 5.90. The number of amides is 1. The molecule has 0 atom stereocenters. The van der Waals surface area contributed by atoms with E-state index >= 15 is 0 Å². The van der Waals surface area contributed by atoms with Crippen LogP contribution in [0, 0.1) is 12.7 Å². The van der Waals surface area contributed by atoms with Crippen LogP contribution in [0.2, 0.25) is 0 Å². The molecule has 0 saturated carbocycles. The van der Waals surface area contributed by atoms with Gasteiger partial charge in [0.1, 0.15) is 5.82 Å². The molecule has 1 aromatic rings. The first-order valence-electron chi connectivity index (χ1n) is 5.19. The minimum Gasteiger partial charge on any atom is -0.324 e. The fourth-order valence-corrected chi connectivity index (χ4v) is 1.28. The lowest BCUT2D eigenvalue weighted by Crippen LogP contribution is -2.12. The maximum absolute atomic E-state index is 13.2. The lowest BCUT2D eigenvalue weighted by Gasteiger charge is -2.06. The zero-order valence-electron chi connectivity index (χ0n) is 9.14. The molecule has 0 bridgehead atoms. The molecular weight excluding hydrogens is 193 g/mol. The van der Waals surface area contributed by atoms with E-state index in [0.29, 0.717) is 6.42 Å². The molecule has 0 spiro atoms. The van der Waals surface area contributed by atoms with Crippen molar-refractivity contribution in [2.45, 2.75) is 33.1 Å². The van der Waals surface area contributed by atoms with E-state index in [4.69, 9.17) is 0 Å². The van der Waals surface area contributed by atoms with Gasteiger partial charge in [-0.25, -0.2) is 4.39 Å². The molecule has 0 aliphatic heterocycles. The Labute approximate surface area is 89.5 Å². The number of benzene rings is 1. The highest BCUT2D eigenvalue weighted by atomic mass is 19.1. The second-order valence-electron chi connectivity index (χ2n) is 3.64. The van der Waals surface area contributed by atoms with Gasteiger partial charge in [-0.15, -0.1) is 0 Å². The normalized spacial score (nSPS) is 10.1. The van der Waals surface area contributed by atoms with E-state index in [1.807, 2.05) is 13.8 Å². The number of nitrogens with one attached hydrogen (secondary N) is 1. The summed E-state index contributed by atoms with van der Waals surface area (Å²) in [5, 5.41) is 2.57. The monoisotopic (exact) mass is 209 g/mol. The molecular formula is C12H16FNO. The van der Waals surface area contributed by atoms with Crippen LogP contribution < -0.4 is 5.32 Å². The largest absolute Gasteiger partial charge is 0.324 e. The summed E-state index contributed by atoms with van der Waals surface area (Å²) in [5.74, 6) is -0.508. The quantitative estimate of drug-likeness (QED) is 0.810. The van der Waals surface area contributed by atoms with E-state index in [9.17, 15) is 9.18 Å². The molecule has 0 aromatic heterocycles. The lowest BCUT2D eigenvalue weighted by atomic mass is 10.2. The predicted molar refractivity (Wildman–Crippen MR) is 59.3 cm³/mol. The van der Waals surface area contributed by atoms with Gasteiger partial charge in [-0.2, -0.15) is 0 Å². The van der Waals surface area contributed by atoms with Gasteiger partial charge in [0.2, 0.25) is 5.91 Å². The van der Waals surface area contributed by atoms with Gasteiger partial charge in [0.25, 0.3) is 0 Å². The average molecular weight is 209 g/mol. The van der Waals surface area contributed by atoms with Crippen molar-refractivity contribution in [1.29, 1.82) is 0 Å². The topological polar surface area (TPSA) is 29.1 Å². The van der Waals surface area contributed by atoms with Crippen LogP contribution in [0.3, 0.4) is 0 Å². The number of rotatable bonds is 4. The van der Waals surface area contributed by atoms with E-state index < -0.39 is 0 Å². The molecule has 1 aromatic carbocycles. The van der Waals surface area contributed by atoms with Gasteiger partial charge in [-0.1, -0.05) is 19.4 Å². The van der Waals surface area contributed by atoms with Crippen LogP contribution in [-0.4, -0.2) is 5.91 Å². The van der Waals surface area contributed by atoms with Gasteiger partial charge in [0, 0.05) is 6.42 Å². The zero-order chi connectivity index (χ0) is 11.3. The van der Waals surface area contributed by atoms with Gasteiger partial charge in [-0.05, 0) is 31.0 Å². The molecule has 3 heteroatoms. The predicted octanol–water partition coefficient (Wildman–Crippen LogP) is 3.26. The summed E-state index contributed by atoms with van der Waals surface area (Å²) >= 11 is 0. The second-order valence-corrected chi connectivity index (χ2v) is 3.64. The number of hydrogen-bond donors (Lipinski definition) is 1. The summed E-state index contributed by atoms with van der Waals surface area (Å²) in [6.45, 7) is 3.88. The van der Waals surface area contributed by atoms with Crippen molar-refractivity contribution < 1.29 is 9.18 Å². The lowest BCUT2D eigenvalue weighted by molar-refractivity contribution is -0.116. The van der Waals surface area contributed by atoms with Crippen LogP contribution in [0.5, 0.6) is 0 Å². The van der Waals surface area contributed by atoms with Crippen LogP contribution in [0.4, 0.5) is 10.1 Å². The Bertz CT molecular complexity index is 349. The van der Waals surface area contributed by atoms with Gasteiger partial charge in [-0.3, -0.25) is 4.79 Å². The third kappa shape index (κ3) is 3.70. The molecule has 1 rings (SSSR count). The van der Waals surface area contributed by atoms with Crippen LogP contribution in [0.1, 0.15) is 31.7 Å². The van der Waals surface area contributed by atoms with Gasteiger partial charge >= 0.3 is 0 Å². The highest BCUT2D eigenvalue weighted by Crippen LogP contribution is 2.15. The first-order chi connectivity index (χ1) is 7.13. The summed E-state index contributed by atoms with van der Waals surface area (Å²) in [5.41, 5.74) is 1.21. The first-order valence-corrected chi connectivity index (χ1v) is 5.19. The maximum Gasteiger partial charge on any atom is 0.224 e. The summed E-state index contributed by atoms with van der Waals surface area (Å²) in [4.78, 5) is 11.4. The fourth-order valence-electron chi connectivity index (χ4n) is 1.28. The first kappa shape index (κ1) is 11.7. The number of carbonyl (C=O) groups is 1. The molecule has 1 N–H and O–H groups in total. The Kier molecular flexibility index (Phi) is 4.28. The molecule has 0 saturated heterocycles. The van der Waals surface area contributed by atoms with Crippen molar-refractivity contribution in [3.63, 3.8) is 0 Å². The second kappa shape index (κ2) is 5.49. The summed E-state index contributed by atoms with van der Waals surface area (Å²) in [6, 6.07) is 4.68. The molecule has 0 aliphatic rings. The Morgan fingerprint density at radius 2 is 2.20 bits per heavy atom. The molecule has 82 valence electrons. The summed E-state index contributed by atoms with van der Waals surface area (Å²) < 4.78 is 13.2. The Hall–Kier alpha value is -1.38. The van der Waals surface area contributed by atoms with Crippen LogP contribution in [0.15, 0.2) is 18.2 Å². The van der Waals surface area contributed by atoms with Gasteiger partial charge < -0.3 is 5.32 Å². The molecule has 2 nitrogen and oxygen atoms in total. The van der Waals surface area contributed by atoms with E-state index in [0.717, 1.165) is 18.4 Å². The number of halogens is 1. The summed E-state index contributed by atoms with van der Waals surface area (Å²) in [7, 11) is 0. The van der Waals surface area contributed by atoms with Crippen molar-refractivity contribution in [3.8, 4) is 0 Å². The van der Waals surface area contributed by atoms with Crippen LogP contribution in [0.25, 0.3) is 0 Å². The number of hydrogen-bond acceptors (Lipinski definition) is 1. The van der Waals surface area contributed by atoms with Gasteiger partial charge in [0.15, 0.2) is 0 Å². The minimum atomic E-state index is -0.384. The van der Waals surface area contributed by atoms with Crippen molar-refractivity contribution in [2.24, 2.45) is 0 Å². The van der Waals surface area contributed by atoms with Crippen molar-refractivity contribution >= 4 is 11.6 Å². The third-order valence-electron chi connectivity index (χ3n) is 2.15. The van der Waals surface area contributed by atoms with E-state index in [1.165, 1.54) is 6.07 Å². The van der Waals surface area contributed by atoms with Gasteiger partial charge in [0.05, 0.1) is 5.69 Å². The van der Waals surface area contributed by atoms with Crippen molar-refractivity contribution in [2.75, 3.05) is 5.32 Å². The molecule has 0 radical (unpaired) electrons. The molecule has 0 heterocycles. The van der Waals surface area contributed by atoms with Crippen LogP contribution >= 0.6 is 0 Å². The van der Waals surface area contributed by atoms with Crippen LogP contribution in [-0.2, 0) is 4.79 Å². The highest BCUT2D eigenvalue weighted by Gasteiger charge is 2.06. The fraction of sp³-hybridized carbons (Fsp3) is 0.417. The Balaban J connectivity index is 2.63. The Morgan fingerprint density at radius 1 is 1.47 bits per heavy atom. The number of unbranched alkanes of at least 4 members (excludes halogenated alkanes) is 1. The standard InChI is InChI=1S/C12H16FNO/c1-3-4-5-12(15)14-11-8-9(2)6-7-10(11)13/h6-8H,3-5H2,1-2H3,(H,14,15). The molecule has 0 unspecified atom stereocenters. The number of carbonyl (C=O) groups excluding carboxylic acids is 1. The molecule has 1 amide bonds. The van der Waals surface area contributed by atoms with E-state index in [2.05, 4.69) is 5.32 Å². The molecule has 0 aliphatic carbocycles. The molecule has 15 heavy (non-hydrogen) atoms. The third-order valence-corrected chi connectivity index (χ3v) is 2.15. The zero-order valence-corrected chi connectivity index (χ0v) is 9.14. The SMILES string of the molecule is CCCCC(=O)Nc1cc(C)ccc1F. The Morgan fingerprint density at radius 3 is 2.87 bits per heavy atom.